The third-order valence-electron chi connectivity index (χ3n) is 3.69. The van der Waals surface area contributed by atoms with Crippen LogP contribution in [0.25, 0.3) is 0 Å². The van der Waals surface area contributed by atoms with E-state index in [-0.39, 0.29) is 23.3 Å². The SMILES string of the molecule is CC1(C)CC1C(=O)NC(CCl)Cc1ccccc1. The zero-order chi connectivity index (χ0) is 13.2. The maximum absolute atomic E-state index is 12.0. The number of benzene rings is 1. The second kappa shape index (κ2) is 5.31. The molecule has 1 aliphatic rings. The summed E-state index contributed by atoms with van der Waals surface area (Å²) in [6.07, 6.45) is 1.78. The molecule has 18 heavy (non-hydrogen) atoms. The zero-order valence-corrected chi connectivity index (χ0v) is 11.7. The lowest BCUT2D eigenvalue weighted by Crippen LogP contribution is -2.39. The van der Waals surface area contributed by atoms with E-state index in [1.165, 1.54) is 5.56 Å². The number of halogens is 1. The Morgan fingerprint density at radius 2 is 2.06 bits per heavy atom. The first-order valence-electron chi connectivity index (χ1n) is 6.43. The molecule has 1 fully saturated rings. The number of carbonyl (C=O) groups excluding carboxylic acids is 1. The fourth-order valence-corrected chi connectivity index (χ4v) is 2.45. The molecule has 2 atom stereocenters. The average molecular weight is 266 g/mol. The summed E-state index contributed by atoms with van der Waals surface area (Å²) in [6.45, 7) is 4.26. The minimum Gasteiger partial charge on any atom is -0.352 e. The van der Waals surface area contributed by atoms with E-state index in [9.17, 15) is 4.79 Å². The van der Waals surface area contributed by atoms with Gasteiger partial charge in [0.1, 0.15) is 0 Å². The maximum atomic E-state index is 12.0. The van der Waals surface area contributed by atoms with Crippen molar-refractivity contribution < 1.29 is 4.79 Å². The second-order valence-corrected chi connectivity index (χ2v) is 6.10. The number of alkyl halides is 1. The minimum absolute atomic E-state index is 0.0259. The molecule has 2 nitrogen and oxygen atoms in total. The van der Waals surface area contributed by atoms with Crippen LogP contribution in [0, 0.1) is 11.3 Å². The van der Waals surface area contributed by atoms with Gasteiger partial charge in [-0.05, 0) is 23.8 Å². The molecule has 98 valence electrons. The second-order valence-electron chi connectivity index (χ2n) is 5.79. The fourth-order valence-electron chi connectivity index (χ4n) is 2.26. The Morgan fingerprint density at radius 3 is 2.56 bits per heavy atom. The highest BCUT2D eigenvalue weighted by Gasteiger charge is 2.50. The zero-order valence-electron chi connectivity index (χ0n) is 10.9. The number of carbonyl (C=O) groups is 1. The van der Waals surface area contributed by atoms with Gasteiger partial charge in [-0.25, -0.2) is 0 Å². The van der Waals surface area contributed by atoms with Crippen LogP contribution in [0.2, 0.25) is 0 Å². The molecule has 0 saturated heterocycles. The third-order valence-corrected chi connectivity index (χ3v) is 4.06. The molecule has 2 rings (SSSR count). The van der Waals surface area contributed by atoms with Gasteiger partial charge in [0.05, 0.1) is 0 Å². The smallest absolute Gasteiger partial charge is 0.223 e. The molecule has 1 saturated carbocycles. The number of hydrogen-bond acceptors (Lipinski definition) is 1. The predicted molar refractivity (Wildman–Crippen MR) is 74.7 cm³/mol. The first-order chi connectivity index (χ1) is 8.53. The number of amides is 1. The molecule has 0 bridgehead atoms. The van der Waals surface area contributed by atoms with Crippen LogP contribution in [-0.2, 0) is 11.2 Å². The van der Waals surface area contributed by atoms with Crippen molar-refractivity contribution in [2.24, 2.45) is 11.3 Å². The van der Waals surface area contributed by atoms with Crippen molar-refractivity contribution in [3.8, 4) is 0 Å². The van der Waals surface area contributed by atoms with Crippen LogP contribution in [0.15, 0.2) is 30.3 Å². The molecule has 2 unspecified atom stereocenters. The summed E-state index contributed by atoms with van der Waals surface area (Å²) in [4.78, 5) is 12.0. The molecule has 1 N–H and O–H groups in total. The summed E-state index contributed by atoms with van der Waals surface area (Å²) in [7, 11) is 0. The molecule has 0 aliphatic heterocycles. The van der Waals surface area contributed by atoms with E-state index in [4.69, 9.17) is 11.6 Å². The Hall–Kier alpha value is -1.02. The van der Waals surface area contributed by atoms with E-state index in [1.807, 2.05) is 18.2 Å². The van der Waals surface area contributed by atoms with E-state index in [0.717, 1.165) is 12.8 Å². The number of hydrogen-bond donors (Lipinski definition) is 1. The monoisotopic (exact) mass is 265 g/mol. The Bertz CT molecular complexity index is 416. The van der Waals surface area contributed by atoms with Gasteiger partial charge < -0.3 is 5.32 Å². The maximum Gasteiger partial charge on any atom is 0.223 e. The van der Waals surface area contributed by atoms with Gasteiger partial charge in [0.15, 0.2) is 0 Å². The normalized spacial score (nSPS) is 22.3. The van der Waals surface area contributed by atoms with Crippen molar-refractivity contribution in [2.75, 3.05) is 5.88 Å². The van der Waals surface area contributed by atoms with E-state index >= 15 is 0 Å². The molecule has 0 aromatic heterocycles. The molecule has 1 amide bonds. The van der Waals surface area contributed by atoms with Crippen molar-refractivity contribution in [1.29, 1.82) is 0 Å². The number of rotatable bonds is 5. The summed E-state index contributed by atoms with van der Waals surface area (Å²) in [5.41, 5.74) is 1.38. The van der Waals surface area contributed by atoms with Gasteiger partial charge in [0.25, 0.3) is 0 Å². The quantitative estimate of drug-likeness (QED) is 0.815. The van der Waals surface area contributed by atoms with Crippen molar-refractivity contribution in [1.82, 2.24) is 5.32 Å². The van der Waals surface area contributed by atoms with Gasteiger partial charge in [-0.15, -0.1) is 11.6 Å². The lowest BCUT2D eigenvalue weighted by atomic mass is 10.1. The number of nitrogens with one attached hydrogen (secondary N) is 1. The van der Waals surface area contributed by atoms with Gasteiger partial charge in [0.2, 0.25) is 5.91 Å². The van der Waals surface area contributed by atoms with E-state index < -0.39 is 0 Å². The van der Waals surface area contributed by atoms with E-state index in [2.05, 4.69) is 31.3 Å². The summed E-state index contributed by atoms with van der Waals surface area (Å²) < 4.78 is 0. The van der Waals surface area contributed by atoms with Crippen molar-refractivity contribution in [3.05, 3.63) is 35.9 Å². The van der Waals surface area contributed by atoms with Gasteiger partial charge >= 0.3 is 0 Å². The van der Waals surface area contributed by atoms with Crippen LogP contribution in [0.1, 0.15) is 25.8 Å². The van der Waals surface area contributed by atoms with Crippen molar-refractivity contribution in [2.45, 2.75) is 32.7 Å². The highest BCUT2D eigenvalue weighted by atomic mass is 35.5. The average Bonchev–Trinajstić information content (AvgIpc) is 2.99. The molecular weight excluding hydrogens is 246 g/mol. The molecule has 1 aromatic rings. The first-order valence-corrected chi connectivity index (χ1v) is 6.96. The highest BCUT2D eigenvalue weighted by molar-refractivity contribution is 6.18. The molecule has 1 aromatic carbocycles. The Labute approximate surface area is 114 Å². The molecule has 0 heterocycles. The van der Waals surface area contributed by atoms with Crippen LogP contribution in [-0.4, -0.2) is 17.8 Å². The largest absolute Gasteiger partial charge is 0.352 e. The van der Waals surface area contributed by atoms with Crippen LogP contribution in [0.3, 0.4) is 0 Å². The molecule has 0 radical (unpaired) electrons. The van der Waals surface area contributed by atoms with Gasteiger partial charge in [-0.1, -0.05) is 44.2 Å². The topological polar surface area (TPSA) is 29.1 Å². The first kappa shape index (κ1) is 13.4. The van der Waals surface area contributed by atoms with Gasteiger partial charge in [0, 0.05) is 17.8 Å². The molecule has 1 aliphatic carbocycles. The summed E-state index contributed by atoms with van der Waals surface area (Å²) in [5.74, 6) is 0.772. The predicted octanol–water partition coefficient (Wildman–Crippen LogP) is 3.00. The molecule has 3 heteroatoms. The Kier molecular flexibility index (Phi) is 3.96. The molecule has 0 spiro atoms. The summed E-state index contributed by atoms with van der Waals surface area (Å²) in [5, 5.41) is 3.06. The summed E-state index contributed by atoms with van der Waals surface area (Å²) >= 11 is 5.94. The van der Waals surface area contributed by atoms with E-state index in [1.54, 1.807) is 0 Å². The van der Waals surface area contributed by atoms with E-state index in [0.29, 0.717) is 5.88 Å². The van der Waals surface area contributed by atoms with Gasteiger partial charge in [-0.3, -0.25) is 4.79 Å². The van der Waals surface area contributed by atoms with Crippen molar-refractivity contribution >= 4 is 17.5 Å². The van der Waals surface area contributed by atoms with Crippen LogP contribution in [0.4, 0.5) is 0 Å². The fraction of sp³-hybridized carbons (Fsp3) is 0.533. The lowest BCUT2D eigenvalue weighted by molar-refractivity contribution is -0.123. The van der Waals surface area contributed by atoms with Crippen molar-refractivity contribution in [3.63, 3.8) is 0 Å². The standard InChI is InChI=1S/C15H20ClNO/c1-15(2)9-13(15)14(18)17-12(10-16)8-11-6-4-3-5-7-11/h3-7,12-13H,8-10H2,1-2H3,(H,17,18). The summed E-state index contributed by atoms with van der Waals surface area (Å²) in [6, 6.07) is 10.2. The Morgan fingerprint density at radius 1 is 1.44 bits per heavy atom. The third kappa shape index (κ3) is 3.26. The van der Waals surface area contributed by atoms with Gasteiger partial charge in [-0.2, -0.15) is 0 Å². The Balaban J connectivity index is 1.88. The van der Waals surface area contributed by atoms with Crippen LogP contribution < -0.4 is 5.32 Å². The minimum atomic E-state index is 0.0259. The van der Waals surface area contributed by atoms with Crippen LogP contribution >= 0.6 is 11.6 Å². The molecular formula is C15H20ClNO. The van der Waals surface area contributed by atoms with Crippen LogP contribution in [0.5, 0.6) is 0 Å². The highest BCUT2D eigenvalue weighted by Crippen LogP contribution is 2.51. The lowest BCUT2D eigenvalue weighted by Gasteiger charge is -2.16.